The molecule has 0 saturated carbocycles. The minimum Gasteiger partial charge on any atom is -0.370 e. The summed E-state index contributed by atoms with van der Waals surface area (Å²) in [6.07, 6.45) is 3.38. The van der Waals surface area contributed by atoms with Gasteiger partial charge in [-0.1, -0.05) is 12.1 Å². The summed E-state index contributed by atoms with van der Waals surface area (Å²) in [5.74, 6) is 0.251. The van der Waals surface area contributed by atoms with E-state index in [0.29, 0.717) is 12.5 Å². The van der Waals surface area contributed by atoms with Crippen molar-refractivity contribution in [3.63, 3.8) is 0 Å². The summed E-state index contributed by atoms with van der Waals surface area (Å²) in [5.41, 5.74) is 7.31. The maximum Gasteiger partial charge on any atom is 0.246 e. The van der Waals surface area contributed by atoms with E-state index in [0.717, 1.165) is 11.3 Å². The van der Waals surface area contributed by atoms with Gasteiger partial charge in [0.2, 0.25) is 5.91 Å². The molecule has 4 N–H and O–H groups in total. The highest BCUT2D eigenvalue weighted by atomic mass is 16.2. The van der Waals surface area contributed by atoms with E-state index in [1.807, 2.05) is 24.3 Å². The van der Waals surface area contributed by atoms with Gasteiger partial charge in [0.15, 0.2) is 5.96 Å². The van der Waals surface area contributed by atoms with Crippen LogP contribution in [-0.2, 0) is 17.9 Å². The number of aromatic nitrogens is 2. The monoisotopic (exact) mass is 286 g/mol. The average molecular weight is 286 g/mol. The van der Waals surface area contributed by atoms with Crippen molar-refractivity contribution in [1.82, 2.24) is 15.1 Å². The van der Waals surface area contributed by atoms with Gasteiger partial charge in [0, 0.05) is 31.7 Å². The molecule has 110 valence electrons. The van der Waals surface area contributed by atoms with E-state index < -0.39 is 0 Å². The number of guanidine groups is 1. The van der Waals surface area contributed by atoms with Crippen LogP contribution in [0.15, 0.2) is 47.7 Å². The lowest BCUT2D eigenvalue weighted by atomic mass is 10.2. The predicted octanol–water partition coefficient (Wildman–Crippen LogP) is 0.556. The largest absolute Gasteiger partial charge is 0.370 e. The number of nitrogens with one attached hydrogen (secondary N) is 2. The Hall–Kier alpha value is -2.83. The molecule has 2 aromatic rings. The number of amides is 1. The summed E-state index contributed by atoms with van der Waals surface area (Å²) in [7, 11) is 1.62. The van der Waals surface area contributed by atoms with Crippen molar-refractivity contribution in [2.24, 2.45) is 10.7 Å². The molecule has 7 nitrogen and oxygen atoms in total. The van der Waals surface area contributed by atoms with Gasteiger partial charge in [-0.25, -0.2) is 0 Å². The zero-order valence-electron chi connectivity index (χ0n) is 11.8. The van der Waals surface area contributed by atoms with Crippen LogP contribution < -0.4 is 16.4 Å². The molecule has 0 unspecified atom stereocenters. The van der Waals surface area contributed by atoms with E-state index in [-0.39, 0.29) is 12.5 Å². The highest BCUT2D eigenvalue weighted by Gasteiger charge is 2.04. The molecule has 0 fully saturated rings. The van der Waals surface area contributed by atoms with Crippen molar-refractivity contribution in [3.8, 4) is 0 Å². The van der Waals surface area contributed by atoms with Crippen molar-refractivity contribution >= 4 is 17.6 Å². The Labute approximate surface area is 122 Å². The molecule has 0 aliphatic rings. The Morgan fingerprint density at radius 2 is 2.29 bits per heavy atom. The van der Waals surface area contributed by atoms with Gasteiger partial charge in [0.05, 0.1) is 0 Å². The Morgan fingerprint density at radius 3 is 3.00 bits per heavy atom. The second-order valence-electron chi connectivity index (χ2n) is 4.41. The molecule has 1 aromatic carbocycles. The van der Waals surface area contributed by atoms with Crippen molar-refractivity contribution < 1.29 is 4.79 Å². The van der Waals surface area contributed by atoms with Crippen molar-refractivity contribution in [3.05, 3.63) is 48.3 Å². The average Bonchev–Trinajstić information content (AvgIpc) is 2.97. The number of hydrogen-bond donors (Lipinski definition) is 3. The third kappa shape index (κ3) is 4.64. The smallest absolute Gasteiger partial charge is 0.246 e. The lowest BCUT2D eigenvalue weighted by Gasteiger charge is -2.09. The van der Waals surface area contributed by atoms with Crippen LogP contribution in [0, 0.1) is 0 Å². The summed E-state index contributed by atoms with van der Waals surface area (Å²) >= 11 is 0. The number of carbonyl (C=O) groups excluding carboxylic acids is 1. The van der Waals surface area contributed by atoms with E-state index in [1.54, 1.807) is 30.2 Å². The van der Waals surface area contributed by atoms with E-state index in [4.69, 9.17) is 5.73 Å². The number of benzene rings is 1. The van der Waals surface area contributed by atoms with E-state index in [9.17, 15) is 4.79 Å². The molecule has 0 atom stereocenters. The number of anilines is 1. The Kier molecular flexibility index (Phi) is 4.92. The lowest BCUT2D eigenvalue weighted by molar-refractivity contribution is -0.116. The van der Waals surface area contributed by atoms with Gasteiger partial charge in [0.25, 0.3) is 0 Å². The third-order valence-corrected chi connectivity index (χ3v) is 2.79. The number of nitrogens with two attached hydrogens (primary N) is 1. The minimum atomic E-state index is -0.126. The molecule has 21 heavy (non-hydrogen) atoms. The molecule has 0 aliphatic heterocycles. The van der Waals surface area contributed by atoms with Gasteiger partial charge in [-0.3, -0.25) is 14.5 Å². The van der Waals surface area contributed by atoms with Gasteiger partial charge in [0.1, 0.15) is 6.54 Å². The van der Waals surface area contributed by atoms with Gasteiger partial charge >= 0.3 is 0 Å². The molecule has 1 aromatic heterocycles. The zero-order chi connectivity index (χ0) is 15.1. The van der Waals surface area contributed by atoms with E-state index in [1.165, 1.54) is 0 Å². The molecular weight excluding hydrogens is 268 g/mol. The molecular formula is C14H18N6O. The summed E-state index contributed by atoms with van der Waals surface area (Å²) in [4.78, 5) is 15.7. The summed E-state index contributed by atoms with van der Waals surface area (Å²) in [6.45, 7) is 0.733. The molecule has 2 rings (SSSR count). The molecule has 0 spiro atoms. The SMILES string of the molecule is CN=C(N)NCc1cccc(NC(=O)Cn2cccn2)c1. The number of aliphatic imine (C=N–C) groups is 1. The normalized spacial score (nSPS) is 11.2. The molecule has 1 amide bonds. The predicted molar refractivity (Wildman–Crippen MR) is 81.7 cm³/mol. The summed E-state index contributed by atoms with van der Waals surface area (Å²) in [6, 6.07) is 9.32. The van der Waals surface area contributed by atoms with Crippen molar-refractivity contribution in [1.29, 1.82) is 0 Å². The minimum absolute atomic E-state index is 0.126. The lowest BCUT2D eigenvalue weighted by Crippen LogP contribution is -2.30. The first kappa shape index (κ1) is 14.6. The number of hydrogen-bond acceptors (Lipinski definition) is 3. The van der Waals surface area contributed by atoms with Gasteiger partial charge in [-0.05, 0) is 23.8 Å². The van der Waals surface area contributed by atoms with Crippen LogP contribution in [0.5, 0.6) is 0 Å². The Balaban J connectivity index is 1.92. The van der Waals surface area contributed by atoms with E-state index in [2.05, 4.69) is 20.7 Å². The van der Waals surface area contributed by atoms with Crippen LogP contribution in [-0.4, -0.2) is 28.7 Å². The molecule has 0 radical (unpaired) electrons. The quantitative estimate of drug-likeness (QED) is 0.552. The highest BCUT2D eigenvalue weighted by Crippen LogP contribution is 2.10. The maximum atomic E-state index is 11.9. The van der Waals surface area contributed by atoms with Crippen molar-refractivity contribution in [2.75, 3.05) is 12.4 Å². The standard InChI is InChI=1S/C14H18N6O/c1-16-14(15)17-9-11-4-2-5-12(8-11)19-13(21)10-20-7-3-6-18-20/h2-8H,9-10H2,1H3,(H,19,21)(H3,15,16,17). The second kappa shape index (κ2) is 7.09. The second-order valence-corrected chi connectivity index (χ2v) is 4.41. The van der Waals surface area contributed by atoms with Gasteiger partial charge in [-0.15, -0.1) is 0 Å². The number of rotatable bonds is 5. The van der Waals surface area contributed by atoms with Crippen molar-refractivity contribution in [2.45, 2.75) is 13.1 Å². The first-order valence-electron chi connectivity index (χ1n) is 6.49. The third-order valence-electron chi connectivity index (χ3n) is 2.79. The Bertz CT molecular complexity index is 620. The van der Waals surface area contributed by atoms with Crippen LogP contribution in [0.1, 0.15) is 5.56 Å². The number of carbonyl (C=O) groups is 1. The molecule has 0 aliphatic carbocycles. The van der Waals surface area contributed by atoms with E-state index >= 15 is 0 Å². The highest BCUT2D eigenvalue weighted by molar-refractivity contribution is 5.90. The molecule has 1 heterocycles. The number of nitrogens with zero attached hydrogens (tertiary/aromatic N) is 3. The van der Waals surface area contributed by atoms with Crippen LogP contribution in [0.4, 0.5) is 5.69 Å². The maximum absolute atomic E-state index is 11.9. The first-order chi connectivity index (χ1) is 10.2. The van der Waals surface area contributed by atoms with Gasteiger partial charge < -0.3 is 16.4 Å². The fourth-order valence-corrected chi connectivity index (χ4v) is 1.77. The van der Waals surface area contributed by atoms with Gasteiger partial charge in [-0.2, -0.15) is 5.10 Å². The van der Waals surface area contributed by atoms with Crippen LogP contribution in [0.3, 0.4) is 0 Å². The zero-order valence-corrected chi connectivity index (χ0v) is 11.8. The summed E-state index contributed by atoms with van der Waals surface area (Å²) in [5, 5.41) is 9.79. The summed E-state index contributed by atoms with van der Waals surface area (Å²) < 4.78 is 1.57. The topological polar surface area (TPSA) is 97.3 Å². The van der Waals surface area contributed by atoms with Crippen LogP contribution >= 0.6 is 0 Å². The van der Waals surface area contributed by atoms with Crippen LogP contribution in [0.25, 0.3) is 0 Å². The molecule has 0 saturated heterocycles. The Morgan fingerprint density at radius 1 is 1.43 bits per heavy atom. The fourth-order valence-electron chi connectivity index (χ4n) is 1.77. The first-order valence-corrected chi connectivity index (χ1v) is 6.49. The molecule has 7 heteroatoms. The fraction of sp³-hybridized carbons (Fsp3) is 0.214. The van der Waals surface area contributed by atoms with Crippen LogP contribution in [0.2, 0.25) is 0 Å². The molecule has 0 bridgehead atoms.